The standard InChI is InChI=1S/C26H23N3OS/c1-19-17-29(26-27-25(18-31-26)21-10-4-2-5-11-21)28-24(19)16-20-9-8-14-23(15-20)30-22-12-6-3-7-13-22/h2-15,18,28H,16-17H2,1H3. The molecule has 5 rings (SSSR count). The van der Waals surface area contributed by atoms with Crippen LogP contribution >= 0.6 is 11.3 Å². The first-order valence-corrected chi connectivity index (χ1v) is 11.2. The van der Waals surface area contributed by atoms with Crippen LogP contribution in [0.2, 0.25) is 0 Å². The molecule has 5 heteroatoms. The number of para-hydroxylation sites is 1. The number of aromatic nitrogens is 1. The average molecular weight is 426 g/mol. The number of nitrogens with one attached hydrogen (secondary N) is 1. The summed E-state index contributed by atoms with van der Waals surface area (Å²) < 4.78 is 5.99. The largest absolute Gasteiger partial charge is 0.457 e. The van der Waals surface area contributed by atoms with Gasteiger partial charge in [0, 0.05) is 23.1 Å². The highest BCUT2D eigenvalue weighted by molar-refractivity contribution is 7.14. The third-order valence-corrected chi connectivity index (χ3v) is 6.09. The molecule has 1 N–H and O–H groups in total. The van der Waals surface area contributed by atoms with Crippen LogP contribution in [0.15, 0.2) is 102 Å². The van der Waals surface area contributed by atoms with E-state index in [9.17, 15) is 0 Å². The Morgan fingerprint density at radius 2 is 1.68 bits per heavy atom. The third-order valence-electron chi connectivity index (χ3n) is 5.23. The van der Waals surface area contributed by atoms with E-state index in [0.29, 0.717) is 0 Å². The van der Waals surface area contributed by atoms with Crippen LogP contribution in [-0.4, -0.2) is 11.5 Å². The quantitative estimate of drug-likeness (QED) is 0.385. The molecule has 4 nitrogen and oxygen atoms in total. The minimum Gasteiger partial charge on any atom is -0.457 e. The Balaban J connectivity index is 1.27. The molecule has 0 aliphatic carbocycles. The Bertz CT molecular complexity index is 1200. The fourth-order valence-electron chi connectivity index (χ4n) is 3.61. The summed E-state index contributed by atoms with van der Waals surface area (Å²) in [6.07, 6.45) is 0.825. The van der Waals surface area contributed by atoms with Crippen molar-refractivity contribution in [1.82, 2.24) is 10.4 Å². The van der Waals surface area contributed by atoms with E-state index in [1.165, 1.54) is 16.8 Å². The number of anilines is 1. The second kappa shape index (κ2) is 8.66. The summed E-state index contributed by atoms with van der Waals surface area (Å²) in [6.45, 7) is 3.01. The third kappa shape index (κ3) is 4.47. The summed E-state index contributed by atoms with van der Waals surface area (Å²) in [7, 11) is 0. The van der Waals surface area contributed by atoms with Crippen molar-refractivity contribution in [2.24, 2.45) is 0 Å². The molecule has 0 saturated carbocycles. The Morgan fingerprint density at radius 3 is 2.48 bits per heavy atom. The minimum atomic E-state index is 0.825. The highest BCUT2D eigenvalue weighted by atomic mass is 32.1. The van der Waals surface area contributed by atoms with Gasteiger partial charge in [0.05, 0.1) is 12.2 Å². The molecule has 1 aromatic heterocycles. The molecule has 31 heavy (non-hydrogen) atoms. The van der Waals surface area contributed by atoms with Gasteiger partial charge in [-0.1, -0.05) is 60.7 Å². The van der Waals surface area contributed by atoms with Crippen LogP contribution in [0.3, 0.4) is 0 Å². The molecule has 0 fully saturated rings. The summed E-state index contributed by atoms with van der Waals surface area (Å²) in [6, 6.07) is 28.5. The molecule has 0 spiro atoms. The lowest BCUT2D eigenvalue weighted by atomic mass is 10.1. The molecule has 154 valence electrons. The van der Waals surface area contributed by atoms with Crippen molar-refractivity contribution in [3.8, 4) is 22.8 Å². The number of thiazole rings is 1. The molecule has 1 aliphatic rings. The summed E-state index contributed by atoms with van der Waals surface area (Å²) in [5.74, 6) is 1.70. The molecule has 0 unspecified atom stereocenters. The second-order valence-corrected chi connectivity index (χ2v) is 8.41. The van der Waals surface area contributed by atoms with Gasteiger partial charge in [0.15, 0.2) is 0 Å². The molecule has 4 aromatic rings. The van der Waals surface area contributed by atoms with Gasteiger partial charge in [-0.3, -0.25) is 10.4 Å². The topological polar surface area (TPSA) is 37.4 Å². The van der Waals surface area contributed by atoms with Gasteiger partial charge >= 0.3 is 0 Å². The Labute approximate surface area is 186 Å². The SMILES string of the molecule is CC1=C(Cc2cccc(Oc3ccccc3)c2)NN(c2nc(-c3ccccc3)cs2)C1. The van der Waals surface area contributed by atoms with Crippen molar-refractivity contribution >= 4 is 16.5 Å². The molecule has 0 radical (unpaired) electrons. The lowest BCUT2D eigenvalue weighted by Gasteiger charge is -2.17. The number of rotatable bonds is 6. The zero-order valence-corrected chi connectivity index (χ0v) is 18.1. The van der Waals surface area contributed by atoms with Crippen molar-refractivity contribution in [2.75, 3.05) is 11.6 Å². The van der Waals surface area contributed by atoms with Crippen molar-refractivity contribution < 1.29 is 4.74 Å². The van der Waals surface area contributed by atoms with Crippen LogP contribution in [-0.2, 0) is 6.42 Å². The van der Waals surface area contributed by atoms with E-state index < -0.39 is 0 Å². The second-order valence-electron chi connectivity index (χ2n) is 7.58. The lowest BCUT2D eigenvalue weighted by molar-refractivity contribution is 0.482. The number of hydrogen-bond acceptors (Lipinski definition) is 5. The number of ether oxygens (including phenoxy) is 1. The maximum absolute atomic E-state index is 5.99. The van der Waals surface area contributed by atoms with E-state index in [4.69, 9.17) is 9.72 Å². The zero-order valence-electron chi connectivity index (χ0n) is 17.3. The van der Waals surface area contributed by atoms with Gasteiger partial charge in [-0.25, -0.2) is 4.98 Å². The molecule has 0 atom stereocenters. The van der Waals surface area contributed by atoms with Crippen LogP contribution in [0.25, 0.3) is 11.3 Å². The molecule has 0 saturated heterocycles. The highest BCUT2D eigenvalue weighted by Crippen LogP contribution is 2.30. The highest BCUT2D eigenvalue weighted by Gasteiger charge is 2.22. The predicted octanol–water partition coefficient (Wildman–Crippen LogP) is 6.44. The number of hydrogen-bond donors (Lipinski definition) is 1. The molecule has 2 heterocycles. The van der Waals surface area contributed by atoms with Crippen LogP contribution < -0.4 is 15.2 Å². The van der Waals surface area contributed by atoms with Gasteiger partial charge in [0.2, 0.25) is 5.13 Å². The molecule has 3 aromatic carbocycles. The van der Waals surface area contributed by atoms with Gasteiger partial charge in [-0.05, 0) is 42.3 Å². The number of nitrogens with zero attached hydrogens (tertiary/aromatic N) is 2. The molecule has 0 amide bonds. The summed E-state index contributed by atoms with van der Waals surface area (Å²) in [5.41, 5.74) is 9.47. The Kier molecular flexibility index (Phi) is 5.42. The van der Waals surface area contributed by atoms with Gasteiger partial charge < -0.3 is 4.74 Å². The molecule has 1 aliphatic heterocycles. The van der Waals surface area contributed by atoms with E-state index in [2.05, 4.69) is 47.0 Å². The maximum atomic E-state index is 5.99. The van der Waals surface area contributed by atoms with Gasteiger partial charge in [-0.15, -0.1) is 11.3 Å². The van der Waals surface area contributed by atoms with E-state index in [1.807, 2.05) is 60.7 Å². The van der Waals surface area contributed by atoms with Crippen LogP contribution in [0.4, 0.5) is 5.13 Å². The molecular weight excluding hydrogens is 402 g/mol. The fraction of sp³-hybridized carbons (Fsp3) is 0.115. The zero-order chi connectivity index (χ0) is 21.0. The lowest BCUT2D eigenvalue weighted by Crippen LogP contribution is -2.32. The smallest absolute Gasteiger partial charge is 0.205 e. The number of hydrazine groups is 1. The minimum absolute atomic E-state index is 0.825. The normalized spacial score (nSPS) is 13.4. The number of allylic oxidation sites excluding steroid dienone is 1. The molecular formula is C26H23N3OS. The van der Waals surface area contributed by atoms with Crippen LogP contribution in [0.1, 0.15) is 12.5 Å². The van der Waals surface area contributed by atoms with E-state index in [0.717, 1.165) is 40.9 Å². The van der Waals surface area contributed by atoms with E-state index >= 15 is 0 Å². The first-order chi connectivity index (χ1) is 15.2. The van der Waals surface area contributed by atoms with E-state index in [1.54, 1.807) is 11.3 Å². The Morgan fingerprint density at radius 1 is 0.935 bits per heavy atom. The van der Waals surface area contributed by atoms with Gasteiger partial charge in [0.25, 0.3) is 0 Å². The first kappa shape index (κ1) is 19.4. The van der Waals surface area contributed by atoms with Gasteiger partial charge in [-0.2, -0.15) is 0 Å². The predicted molar refractivity (Wildman–Crippen MR) is 127 cm³/mol. The van der Waals surface area contributed by atoms with Crippen molar-refractivity contribution in [2.45, 2.75) is 13.3 Å². The van der Waals surface area contributed by atoms with Crippen molar-refractivity contribution in [3.63, 3.8) is 0 Å². The fourth-order valence-corrected chi connectivity index (χ4v) is 4.41. The maximum Gasteiger partial charge on any atom is 0.205 e. The summed E-state index contributed by atoms with van der Waals surface area (Å²) >= 11 is 1.66. The first-order valence-electron chi connectivity index (χ1n) is 10.3. The monoisotopic (exact) mass is 425 g/mol. The van der Waals surface area contributed by atoms with Crippen molar-refractivity contribution in [1.29, 1.82) is 0 Å². The van der Waals surface area contributed by atoms with Gasteiger partial charge in [0.1, 0.15) is 11.5 Å². The molecule has 0 bridgehead atoms. The number of benzene rings is 3. The van der Waals surface area contributed by atoms with E-state index in [-0.39, 0.29) is 0 Å². The Hall–Kier alpha value is -3.57. The van der Waals surface area contributed by atoms with Crippen molar-refractivity contribution in [3.05, 3.63) is 107 Å². The summed E-state index contributed by atoms with van der Waals surface area (Å²) in [4.78, 5) is 4.83. The van der Waals surface area contributed by atoms with Crippen LogP contribution in [0.5, 0.6) is 11.5 Å². The summed E-state index contributed by atoms with van der Waals surface area (Å²) in [5, 5.41) is 5.23. The van der Waals surface area contributed by atoms with Crippen LogP contribution in [0, 0.1) is 0 Å². The average Bonchev–Trinajstić information content (AvgIpc) is 3.43.